The summed E-state index contributed by atoms with van der Waals surface area (Å²) in [6, 6.07) is 11.6. The number of carbonyl (C=O) groups is 1. The van der Waals surface area contributed by atoms with E-state index in [0.29, 0.717) is 22.3 Å². The van der Waals surface area contributed by atoms with Gasteiger partial charge in [0.25, 0.3) is 5.91 Å². The number of hydrogen-bond donors (Lipinski definition) is 2. The van der Waals surface area contributed by atoms with Crippen LogP contribution in [0.15, 0.2) is 53.4 Å². The van der Waals surface area contributed by atoms with E-state index in [1.807, 2.05) is 19.0 Å². The van der Waals surface area contributed by atoms with Crippen molar-refractivity contribution in [2.45, 2.75) is 23.1 Å². The fraction of sp³-hybridized carbons (Fsp3) is 0.381. The number of thioether (sulfide) groups is 1. The molecule has 32 heavy (non-hydrogen) atoms. The van der Waals surface area contributed by atoms with Gasteiger partial charge in [-0.15, -0.1) is 0 Å². The number of nitrogens with zero attached hydrogens (tertiary/aromatic N) is 2. The summed E-state index contributed by atoms with van der Waals surface area (Å²) in [5.41, 5.74) is 1.59. The van der Waals surface area contributed by atoms with E-state index >= 15 is 0 Å². The lowest BCUT2D eigenvalue weighted by molar-refractivity contribution is -0.132. The fourth-order valence-electron chi connectivity index (χ4n) is 2.89. The maximum atomic E-state index is 13.2. The molecule has 0 saturated carbocycles. The predicted molar refractivity (Wildman–Crippen MR) is 127 cm³/mol. The first-order chi connectivity index (χ1) is 15.1. The highest BCUT2D eigenvalue weighted by molar-refractivity contribution is 8.00. The highest BCUT2D eigenvalue weighted by Crippen LogP contribution is 2.27. The second-order valence-electron chi connectivity index (χ2n) is 7.35. The number of sulfonamides is 1. The van der Waals surface area contributed by atoms with E-state index in [1.165, 1.54) is 43.1 Å². The molecule has 0 aliphatic heterocycles. The van der Waals surface area contributed by atoms with E-state index in [4.69, 9.17) is 16.3 Å². The Kier molecular flexibility index (Phi) is 9.81. The van der Waals surface area contributed by atoms with Gasteiger partial charge in [0.15, 0.2) is 0 Å². The number of rotatable bonds is 11. The van der Waals surface area contributed by atoms with Crippen molar-refractivity contribution in [3.63, 3.8) is 0 Å². The predicted octanol–water partition coefficient (Wildman–Crippen LogP) is 3.31. The number of carbonyl (C=O) groups excluding carboxylic acids is 1. The lowest BCUT2D eigenvalue weighted by Gasteiger charge is -2.30. The van der Waals surface area contributed by atoms with Gasteiger partial charge in [-0.2, -0.15) is 16.1 Å². The van der Waals surface area contributed by atoms with E-state index in [-0.39, 0.29) is 4.90 Å². The molecule has 2 aromatic rings. The zero-order chi connectivity index (χ0) is 23.9. The molecule has 8 nitrogen and oxygen atoms in total. The van der Waals surface area contributed by atoms with Crippen LogP contribution in [0.1, 0.15) is 6.92 Å². The van der Waals surface area contributed by atoms with Gasteiger partial charge >= 0.3 is 0 Å². The molecule has 2 N–H and O–H groups in total. The molecule has 176 valence electrons. The third-order valence-electron chi connectivity index (χ3n) is 4.68. The van der Waals surface area contributed by atoms with Crippen molar-refractivity contribution in [2.24, 2.45) is 0 Å². The maximum absolute atomic E-state index is 13.2. The Hall–Kier alpha value is -1.82. The summed E-state index contributed by atoms with van der Waals surface area (Å²) in [4.78, 5) is 14.3. The quantitative estimate of drug-likeness (QED) is 0.360. The number of ether oxygens (including phenoxy) is 1. The van der Waals surface area contributed by atoms with Crippen molar-refractivity contribution in [3.05, 3.63) is 53.6 Å². The number of nitrogens with one attached hydrogen (secondary N) is 1. The molecule has 1 amide bonds. The average molecular weight is 502 g/mol. The molecule has 0 heterocycles. The van der Waals surface area contributed by atoms with Crippen molar-refractivity contribution in [3.8, 4) is 11.5 Å². The lowest BCUT2D eigenvalue weighted by atomic mass is 10.2. The molecule has 2 rings (SSSR count). The Morgan fingerprint density at radius 1 is 1.09 bits per heavy atom. The molecular weight excluding hydrogens is 474 g/mol. The molecule has 0 radical (unpaired) electrons. The summed E-state index contributed by atoms with van der Waals surface area (Å²) in [6.45, 7) is 2.53. The first-order valence-electron chi connectivity index (χ1n) is 9.78. The summed E-state index contributed by atoms with van der Waals surface area (Å²) in [6.07, 6.45) is 0. The third kappa shape index (κ3) is 7.09. The lowest BCUT2D eigenvalue weighted by Crippen LogP contribution is -2.51. The monoisotopic (exact) mass is 501 g/mol. The average Bonchev–Trinajstić information content (AvgIpc) is 2.75. The number of halogens is 1. The number of likely N-dealkylation sites (N-methyl/N-ethyl adjacent to an activating group) is 1. The number of amides is 1. The van der Waals surface area contributed by atoms with Crippen LogP contribution in [0.2, 0.25) is 5.02 Å². The summed E-state index contributed by atoms with van der Waals surface area (Å²) >= 11 is 7.31. The Balaban J connectivity index is 2.18. The van der Waals surface area contributed by atoms with Gasteiger partial charge in [-0.3, -0.25) is 10.0 Å². The summed E-state index contributed by atoms with van der Waals surface area (Å²) in [5, 5.41) is 9.37. The van der Waals surface area contributed by atoms with Crippen LogP contribution in [0.4, 0.5) is 0 Å². The normalized spacial score (nSPS) is 13.8. The molecule has 0 fully saturated rings. The Morgan fingerprint density at radius 2 is 1.62 bits per heavy atom. The minimum Gasteiger partial charge on any atom is -0.457 e. The second-order valence-corrected chi connectivity index (χ2v) is 11.3. The van der Waals surface area contributed by atoms with Crippen LogP contribution in [0.5, 0.6) is 11.5 Å². The van der Waals surface area contributed by atoms with Crippen molar-refractivity contribution in [1.29, 1.82) is 0 Å². The molecule has 2 aromatic carbocycles. The van der Waals surface area contributed by atoms with Gasteiger partial charge in [-0.25, -0.2) is 13.9 Å². The van der Waals surface area contributed by atoms with Crippen molar-refractivity contribution in [1.82, 2.24) is 14.7 Å². The standard InChI is InChI=1S/C21H28ClN3O5S2/c1-15(31-14-13-24(2)3)20(21(26)23-27)25(4)32(28,29)19-11-9-18(10-12-19)30-17-7-5-16(22)6-8-17/h5-12,15,20,27H,13-14H2,1-4H3,(H,23,26)/t15-,20?/m1/s1. The summed E-state index contributed by atoms with van der Waals surface area (Å²) in [5.74, 6) is 0.925. The first kappa shape index (κ1) is 26.4. The van der Waals surface area contributed by atoms with Crippen molar-refractivity contribution < 1.29 is 23.2 Å². The summed E-state index contributed by atoms with van der Waals surface area (Å²) < 4.78 is 33.0. The third-order valence-corrected chi connectivity index (χ3v) is 7.99. The maximum Gasteiger partial charge on any atom is 0.262 e. The van der Waals surface area contributed by atoms with Crippen LogP contribution in [-0.4, -0.2) is 73.5 Å². The largest absolute Gasteiger partial charge is 0.457 e. The van der Waals surface area contributed by atoms with Crippen molar-refractivity contribution >= 4 is 39.3 Å². The van der Waals surface area contributed by atoms with Gasteiger partial charge in [0.05, 0.1) is 4.90 Å². The Bertz CT molecular complexity index is 985. The van der Waals surface area contributed by atoms with Crippen LogP contribution < -0.4 is 10.2 Å². The summed E-state index contributed by atoms with van der Waals surface area (Å²) in [7, 11) is 1.18. The van der Waals surface area contributed by atoms with E-state index in [0.717, 1.165) is 10.8 Å². The molecule has 0 aliphatic carbocycles. The van der Waals surface area contributed by atoms with Gasteiger partial charge in [0.2, 0.25) is 10.0 Å². The van der Waals surface area contributed by atoms with Gasteiger partial charge in [-0.1, -0.05) is 18.5 Å². The second kappa shape index (κ2) is 11.9. The fourth-order valence-corrected chi connectivity index (χ4v) is 5.81. The first-order valence-corrected chi connectivity index (χ1v) is 12.6. The molecule has 11 heteroatoms. The van der Waals surface area contributed by atoms with Crippen LogP contribution in [0.25, 0.3) is 0 Å². The highest BCUT2D eigenvalue weighted by atomic mass is 35.5. The van der Waals surface area contributed by atoms with E-state index in [2.05, 4.69) is 0 Å². The van der Waals surface area contributed by atoms with Crippen LogP contribution in [-0.2, 0) is 14.8 Å². The zero-order valence-electron chi connectivity index (χ0n) is 18.4. The molecule has 0 bridgehead atoms. The number of hydrogen-bond acceptors (Lipinski definition) is 7. The molecule has 0 aliphatic rings. The van der Waals surface area contributed by atoms with Gasteiger partial charge < -0.3 is 9.64 Å². The van der Waals surface area contributed by atoms with E-state index < -0.39 is 27.2 Å². The van der Waals surface area contributed by atoms with Crippen LogP contribution in [0, 0.1) is 0 Å². The Morgan fingerprint density at radius 3 is 2.12 bits per heavy atom. The molecule has 0 spiro atoms. The zero-order valence-corrected chi connectivity index (χ0v) is 20.7. The van der Waals surface area contributed by atoms with Gasteiger partial charge in [0.1, 0.15) is 17.5 Å². The SMILES string of the molecule is C[C@@H](SCCN(C)C)C(C(=O)NO)N(C)S(=O)(=O)c1ccc(Oc2ccc(Cl)cc2)cc1. The molecule has 2 atom stereocenters. The smallest absolute Gasteiger partial charge is 0.262 e. The van der Waals surface area contributed by atoms with Gasteiger partial charge in [0, 0.05) is 29.6 Å². The molecule has 0 saturated heterocycles. The Labute approximate surface area is 198 Å². The van der Waals surface area contributed by atoms with E-state index in [1.54, 1.807) is 36.7 Å². The minimum atomic E-state index is -4.01. The van der Waals surface area contributed by atoms with E-state index in [9.17, 15) is 18.4 Å². The van der Waals surface area contributed by atoms with Crippen molar-refractivity contribution in [2.75, 3.05) is 33.4 Å². The van der Waals surface area contributed by atoms with Gasteiger partial charge in [-0.05, 0) is 62.6 Å². The molecule has 0 aromatic heterocycles. The van der Waals surface area contributed by atoms with Crippen LogP contribution >= 0.6 is 23.4 Å². The highest BCUT2D eigenvalue weighted by Gasteiger charge is 2.37. The molecular formula is C21H28ClN3O5S2. The van der Waals surface area contributed by atoms with Crippen LogP contribution in [0.3, 0.4) is 0 Å². The minimum absolute atomic E-state index is 0.00434. The molecule has 1 unspecified atom stereocenters. The number of hydroxylamine groups is 1. The topological polar surface area (TPSA) is 99.2 Å². The number of benzene rings is 2.